The van der Waals surface area contributed by atoms with Crippen LogP contribution in [0.5, 0.6) is 0 Å². The lowest BCUT2D eigenvalue weighted by atomic mass is 10.2. The van der Waals surface area contributed by atoms with E-state index in [1.54, 1.807) is 6.07 Å². The van der Waals surface area contributed by atoms with Crippen molar-refractivity contribution in [3.8, 4) is 0 Å². The number of pyridine rings is 1. The molecule has 0 atom stereocenters. The highest BCUT2D eigenvalue weighted by molar-refractivity contribution is 5.80. The summed E-state index contributed by atoms with van der Waals surface area (Å²) in [6.45, 7) is 0.529. The number of nitrogens with one attached hydrogen (secondary N) is 2. The van der Waals surface area contributed by atoms with Crippen LogP contribution in [0, 0.1) is 5.95 Å². The first-order valence-electron chi connectivity index (χ1n) is 5.91. The Labute approximate surface area is 110 Å². The maximum absolute atomic E-state index is 12.8. The van der Waals surface area contributed by atoms with Gasteiger partial charge in [0.05, 0.1) is 6.54 Å². The van der Waals surface area contributed by atoms with Crippen LogP contribution in [0.1, 0.15) is 5.56 Å². The number of amides is 1. The van der Waals surface area contributed by atoms with Gasteiger partial charge in [-0.05, 0) is 17.7 Å². The highest BCUT2D eigenvalue weighted by Crippen LogP contribution is 2.02. The lowest BCUT2D eigenvalue weighted by Crippen LogP contribution is -2.29. The zero-order valence-electron chi connectivity index (χ0n) is 10.3. The number of halogens is 1. The molecule has 5 heteroatoms. The van der Waals surface area contributed by atoms with Crippen molar-refractivity contribution in [1.29, 1.82) is 0 Å². The van der Waals surface area contributed by atoms with Crippen LogP contribution in [0.25, 0.3) is 0 Å². The summed E-state index contributed by atoms with van der Waals surface area (Å²) in [4.78, 5) is 15.2. The zero-order chi connectivity index (χ0) is 13.5. The summed E-state index contributed by atoms with van der Waals surface area (Å²) < 4.78 is 12.8. The largest absolute Gasteiger partial charge is 0.361 e. The van der Waals surface area contributed by atoms with E-state index in [1.807, 2.05) is 30.3 Å². The summed E-state index contributed by atoms with van der Waals surface area (Å²) in [7, 11) is 0. The van der Waals surface area contributed by atoms with Crippen LogP contribution in [0.4, 0.5) is 10.2 Å². The van der Waals surface area contributed by atoms with Gasteiger partial charge in [0.15, 0.2) is 0 Å². The van der Waals surface area contributed by atoms with Crippen LogP contribution in [0.3, 0.4) is 0 Å². The van der Waals surface area contributed by atoms with Gasteiger partial charge in [0, 0.05) is 6.54 Å². The second-order valence-corrected chi connectivity index (χ2v) is 3.96. The summed E-state index contributed by atoms with van der Waals surface area (Å²) in [6, 6.07) is 14.0. The molecule has 0 radical (unpaired) electrons. The van der Waals surface area contributed by atoms with Crippen molar-refractivity contribution in [3.05, 3.63) is 60.0 Å². The third kappa shape index (κ3) is 4.39. The molecule has 0 fully saturated rings. The Morgan fingerprint density at radius 3 is 2.63 bits per heavy atom. The predicted molar refractivity (Wildman–Crippen MR) is 71.0 cm³/mol. The number of nitrogens with zero attached hydrogens (tertiary/aromatic N) is 1. The zero-order valence-corrected chi connectivity index (χ0v) is 10.3. The Morgan fingerprint density at radius 2 is 1.89 bits per heavy atom. The maximum Gasteiger partial charge on any atom is 0.239 e. The molecule has 1 aromatic carbocycles. The highest BCUT2D eigenvalue weighted by atomic mass is 19.1. The molecule has 98 valence electrons. The molecule has 19 heavy (non-hydrogen) atoms. The number of rotatable bonds is 5. The van der Waals surface area contributed by atoms with E-state index in [1.165, 1.54) is 12.1 Å². The van der Waals surface area contributed by atoms with Gasteiger partial charge in [0.1, 0.15) is 5.82 Å². The fourth-order valence-electron chi connectivity index (χ4n) is 1.54. The normalized spacial score (nSPS) is 9.95. The average Bonchev–Trinajstić information content (AvgIpc) is 2.44. The third-order valence-electron chi connectivity index (χ3n) is 2.48. The van der Waals surface area contributed by atoms with Gasteiger partial charge in [-0.1, -0.05) is 36.4 Å². The fraction of sp³-hybridized carbons (Fsp3) is 0.143. The molecule has 4 nitrogen and oxygen atoms in total. The molecule has 1 aromatic heterocycles. The number of benzene rings is 1. The third-order valence-corrected chi connectivity index (χ3v) is 2.48. The van der Waals surface area contributed by atoms with Crippen LogP contribution >= 0.6 is 0 Å². The van der Waals surface area contributed by atoms with Crippen molar-refractivity contribution < 1.29 is 9.18 Å². The van der Waals surface area contributed by atoms with Gasteiger partial charge >= 0.3 is 0 Å². The molecular weight excluding hydrogens is 245 g/mol. The van der Waals surface area contributed by atoms with Gasteiger partial charge in [-0.3, -0.25) is 4.79 Å². The van der Waals surface area contributed by atoms with E-state index < -0.39 is 5.95 Å². The molecule has 2 N–H and O–H groups in total. The minimum Gasteiger partial charge on any atom is -0.361 e. The van der Waals surface area contributed by atoms with Crippen LogP contribution in [0.15, 0.2) is 48.5 Å². The van der Waals surface area contributed by atoms with Crippen LogP contribution in [-0.4, -0.2) is 17.4 Å². The van der Waals surface area contributed by atoms with E-state index in [-0.39, 0.29) is 12.5 Å². The molecule has 2 rings (SSSR count). The SMILES string of the molecule is O=C(CNc1cccc(F)n1)NCc1ccccc1. The van der Waals surface area contributed by atoms with Gasteiger partial charge in [-0.15, -0.1) is 0 Å². The van der Waals surface area contributed by atoms with Gasteiger partial charge in [-0.25, -0.2) is 4.98 Å². The number of anilines is 1. The number of hydrogen-bond acceptors (Lipinski definition) is 3. The Hall–Kier alpha value is -2.43. The Kier molecular flexibility index (Phi) is 4.44. The Morgan fingerprint density at radius 1 is 1.11 bits per heavy atom. The second kappa shape index (κ2) is 6.49. The first kappa shape index (κ1) is 13.0. The number of hydrogen-bond donors (Lipinski definition) is 2. The number of carbonyl (C=O) groups excluding carboxylic acids is 1. The monoisotopic (exact) mass is 259 g/mol. The van der Waals surface area contributed by atoms with Crippen molar-refractivity contribution in [3.63, 3.8) is 0 Å². The van der Waals surface area contributed by atoms with Crippen LogP contribution < -0.4 is 10.6 Å². The molecule has 0 saturated heterocycles. The summed E-state index contributed by atoms with van der Waals surface area (Å²) >= 11 is 0. The van der Waals surface area contributed by atoms with E-state index in [2.05, 4.69) is 15.6 Å². The maximum atomic E-state index is 12.8. The van der Waals surface area contributed by atoms with Crippen molar-refractivity contribution in [1.82, 2.24) is 10.3 Å². The van der Waals surface area contributed by atoms with E-state index in [9.17, 15) is 9.18 Å². The minimum atomic E-state index is -0.574. The molecule has 0 aliphatic heterocycles. The minimum absolute atomic E-state index is 0.0588. The van der Waals surface area contributed by atoms with E-state index in [0.29, 0.717) is 12.4 Å². The second-order valence-electron chi connectivity index (χ2n) is 3.96. The molecule has 1 amide bonds. The summed E-state index contributed by atoms with van der Waals surface area (Å²) in [6.07, 6.45) is 0. The molecule has 1 heterocycles. The lowest BCUT2D eigenvalue weighted by molar-refractivity contribution is -0.119. The van der Waals surface area contributed by atoms with Gasteiger partial charge in [0.25, 0.3) is 0 Å². The van der Waals surface area contributed by atoms with E-state index >= 15 is 0 Å². The Balaban J connectivity index is 1.76. The highest BCUT2D eigenvalue weighted by Gasteiger charge is 2.02. The standard InChI is InChI=1S/C14H14FN3O/c15-12-7-4-8-13(18-12)16-10-14(19)17-9-11-5-2-1-3-6-11/h1-8H,9-10H2,(H,16,18)(H,17,19). The first-order valence-corrected chi connectivity index (χ1v) is 5.91. The molecule has 0 spiro atoms. The summed E-state index contributed by atoms with van der Waals surface area (Å²) in [5.74, 6) is -0.403. The van der Waals surface area contributed by atoms with E-state index in [0.717, 1.165) is 5.56 Å². The number of aromatic nitrogens is 1. The number of carbonyl (C=O) groups is 1. The lowest BCUT2D eigenvalue weighted by Gasteiger charge is -2.07. The molecule has 0 aliphatic rings. The van der Waals surface area contributed by atoms with Crippen LogP contribution in [-0.2, 0) is 11.3 Å². The molecular formula is C14H14FN3O. The average molecular weight is 259 g/mol. The predicted octanol–water partition coefficient (Wildman–Crippen LogP) is 1.95. The van der Waals surface area contributed by atoms with Crippen molar-refractivity contribution in [2.75, 3.05) is 11.9 Å². The Bertz CT molecular complexity index is 545. The van der Waals surface area contributed by atoms with Crippen molar-refractivity contribution in [2.45, 2.75) is 6.54 Å². The van der Waals surface area contributed by atoms with E-state index in [4.69, 9.17) is 0 Å². The smallest absolute Gasteiger partial charge is 0.239 e. The first-order chi connectivity index (χ1) is 9.24. The molecule has 0 bridgehead atoms. The summed E-state index contributed by atoms with van der Waals surface area (Å²) in [5.41, 5.74) is 1.03. The molecule has 0 unspecified atom stereocenters. The quantitative estimate of drug-likeness (QED) is 0.807. The van der Waals surface area contributed by atoms with Crippen molar-refractivity contribution in [2.24, 2.45) is 0 Å². The van der Waals surface area contributed by atoms with Crippen LogP contribution in [0.2, 0.25) is 0 Å². The fourth-order valence-corrected chi connectivity index (χ4v) is 1.54. The molecule has 0 aliphatic carbocycles. The molecule has 2 aromatic rings. The van der Waals surface area contributed by atoms with Gasteiger partial charge < -0.3 is 10.6 Å². The topological polar surface area (TPSA) is 54.0 Å². The van der Waals surface area contributed by atoms with Gasteiger partial charge in [-0.2, -0.15) is 4.39 Å². The molecule has 0 saturated carbocycles. The van der Waals surface area contributed by atoms with Crippen molar-refractivity contribution >= 4 is 11.7 Å². The summed E-state index contributed by atoms with van der Waals surface area (Å²) in [5, 5.41) is 5.52. The van der Waals surface area contributed by atoms with Gasteiger partial charge in [0.2, 0.25) is 11.9 Å².